The highest BCUT2D eigenvalue weighted by molar-refractivity contribution is 9.11. The van der Waals surface area contributed by atoms with Crippen LogP contribution in [0.25, 0.3) is 16.7 Å². The number of rotatable bonds is 4. The third-order valence-corrected chi connectivity index (χ3v) is 7.88. The minimum absolute atomic E-state index is 0.445. The number of benzene rings is 1. The number of anilines is 1. The summed E-state index contributed by atoms with van der Waals surface area (Å²) in [4.78, 5) is 12.2. The number of fused-ring (bicyclic) bond motifs is 1. The van der Waals surface area contributed by atoms with Crippen molar-refractivity contribution in [1.29, 1.82) is 5.26 Å². The second-order valence-corrected chi connectivity index (χ2v) is 10.8. The lowest BCUT2D eigenvalue weighted by Gasteiger charge is -2.32. The van der Waals surface area contributed by atoms with Gasteiger partial charge in [0, 0.05) is 34.1 Å². The molecule has 2 aromatic heterocycles. The van der Waals surface area contributed by atoms with Gasteiger partial charge in [-0.1, -0.05) is 13.8 Å². The Labute approximate surface area is 207 Å². The smallest absolute Gasteiger partial charge is 0.150 e. The molecular weight excluding hydrogens is 530 g/mol. The van der Waals surface area contributed by atoms with E-state index < -0.39 is 0 Å². The molecule has 0 radical (unpaired) electrons. The normalized spacial score (nSPS) is 15.0. The van der Waals surface area contributed by atoms with Gasteiger partial charge in [0.2, 0.25) is 0 Å². The lowest BCUT2D eigenvalue weighted by Crippen LogP contribution is -2.34. The molecule has 0 aliphatic carbocycles. The van der Waals surface area contributed by atoms with Gasteiger partial charge in [-0.15, -0.1) is 0 Å². The minimum Gasteiger partial charge on any atom is -0.356 e. The number of hydrogen-bond donors (Lipinski definition) is 0. The highest BCUT2D eigenvalue weighted by Crippen LogP contribution is 2.40. The van der Waals surface area contributed by atoms with Crippen LogP contribution >= 0.6 is 31.9 Å². The first kappa shape index (κ1) is 23.3. The monoisotopic (exact) mass is 557 g/mol. The molecule has 1 fully saturated rings. The average Bonchev–Trinajstić information content (AvgIpc) is 2.98. The van der Waals surface area contributed by atoms with Crippen LogP contribution in [0.4, 0.5) is 5.82 Å². The highest BCUT2D eigenvalue weighted by Gasteiger charge is 2.26. The van der Waals surface area contributed by atoms with Crippen molar-refractivity contribution in [2.75, 3.05) is 18.0 Å². The standard InChI is InChI=1S/C25H29Br2N5/c1-14(2)19-12-20(26)23(21(27)13-19)32-16(4)15(3)22-24(29-17(5)30-25(22)32)31-10-7-18(6-9-28)8-11-31/h12-14,18H,6-8,10-11H2,1-5H3. The first-order chi connectivity index (χ1) is 15.2. The molecule has 168 valence electrons. The van der Waals surface area contributed by atoms with Crippen LogP contribution in [0.5, 0.6) is 0 Å². The van der Waals surface area contributed by atoms with Gasteiger partial charge in [0.05, 0.1) is 17.1 Å². The molecule has 1 aliphatic rings. The molecule has 5 nitrogen and oxygen atoms in total. The van der Waals surface area contributed by atoms with Crippen molar-refractivity contribution in [3.63, 3.8) is 0 Å². The van der Waals surface area contributed by atoms with E-state index in [4.69, 9.17) is 15.2 Å². The molecule has 0 amide bonds. The second-order valence-electron chi connectivity index (χ2n) is 9.12. The first-order valence-electron chi connectivity index (χ1n) is 11.2. The molecule has 1 saturated heterocycles. The maximum absolute atomic E-state index is 9.05. The summed E-state index contributed by atoms with van der Waals surface area (Å²) >= 11 is 7.67. The zero-order valence-electron chi connectivity index (χ0n) is 19.3. The van der Waals surface area contributed by atoms with E-state index in [1.165, 1.54) is 16.8 Å². The van der Waals surface area contributed by atoms with Crippen LogP contribution < -0.4 is 4.90 Å². The summed E-state index contributed by atoms with van der Waals surface area (Å²) in [6.45, 7) is 12.6. The molecular formula is C25H29Br2N5. The van der Waals surface area contributed by atoms with Crippen LogP contribution in [0.2, 0.25) is 0 Å². The van der Waals surface area contributed by atoms with Gasteiger partial charge in [-0.3, -0.25) is 4.57 Å². The lowest BCUT2D eigenvalue weighted by molar-refractivity contribution is 0.411. The molecule has 0 spiro atoms. The molecule has 0 N–H and O–H groups in total. The first-order valence-corrected chi connectivity index (χ1v) is 12.8. The van der Waals surface area contributed by atoms with E-state index in [2.05, 4.69) is 87.2 Å². The largest absolute Gasteiger partial charge is 0.356 e. The maximum atomic E-state index is 9.05. The van der Waals surface area contributed by atoms with Gasteiger partial charge in [-0.25, -0.2) is 9.97 Å². The number of nitrogens with zero attached hydrogens (tertiary/aromatic N) is 5. The molecule has 7 heteroatoms. The lowest BCUT2D eigenvalue weighted by atomic mass is 9.94. The molecule has 0 atom stereocenters. The molecule has 1 aromatic carbocycles. The van der Waals surface area contributed by atoms with Gasteiger partial charge in [-0.05, 0) is 101 Å². The van der Waals surface area contributed by atoms with Crippen molar-refractivity contribution in [3.05, 3.63) is 43.7 Å². The number of piperidine rings is 1. The summed E-state index contributed by atoms with van der Waals surface area (Å²) in [5.41, 5.74) is 5.67. The molecule has 0 saturated carbocycles. The van der Waals surface area contributed by atoms with E-state index in [9.17, 15) is 0 Å². The Kier molecular flexibility index (Phi) is 6.65. The molecule has 3 aromatic rings. The number of hydrogen-bond acceptors (Lipinski definition) is 4. The number of aromatic nitrogens is 3. The summed E-state index contributed by atoms with van der Waals surface area (Å²) in [5.74, 6) is 2.74. The van der Waals surface area contributed by atoms with Gasteiger partial charge in [0.25, 0.3) is 0 Å². The third-order valence-electron chi connectivity index (χ3n) is 6.67. The maximum Gasteiger partial charge on any atom is 0.150 e. The van der Waals surface area contributed by atoms with Crippen molar-refractivity contribution in [2.45, 2.75) is 59.8 Å². The van der Waals surface area contributed by atoms with Crippen molar-refractivity contribution >= 4 is 48.7 Å². The van der Waals surface area contributed by atoms with Crippen LogP contribution in [0, 0.1) is 38.0 Å². The van der Waals surface area contributed by atoms with E-state index in [0.717, 1.165) is 63.2 Å². The van der Waals surface area contributed by atoms with E-state index in [1.54, 1.807) is 0 Å². The Morgan fingerprint density at radius 1 is 1.09 bits per heavy atom. The van der Waals surface area contributed by atoms with E-state index in [0.29, 0.717) is 18.3 Å². The average molecular weight is 559 g/mol. The highest BCUT2D eigenvalue weighted by atomic mass is 79.9. The van der Waals surface area contributed by atoms with Crippen LogP contribution in [-0.4, -0.2) is 27.6 Å². The topological polar surface area (TPSA) is 57.7 Å². The van der Waals surface area contributed by atoms with Gasteiger partial charge in [0.15, 0.2) is 5.65 Å². The van der Waals surface area contributed by atoms with Crippen molar-refractivity contribution in [1.82, 2.24) is 14.5 Å². The summed E-state index contributed by atoms with van der Waals surface area (Å²) in [6.07, 6.45) is 2.71. The van der Waals surface area contributed by atoms with Gasteiger partial charge in [-0.2, -0.15) is 5.26 Å². The molecule has 3 heterocycles. The van der Waals surface area contributed by atoms with Crippen LogP contribution in [0.1, 0.15) is 61.7 Å². The Bertz CT molecular complexity index is 1190. The van der Waals surface area contributed by atoms with Crippen molar-refractivity contribution in [2.24, 2.45) is 5.92 Å². The van der Waals surface area contributed by atoms with Crippen molar-refractivity contribution in [3.8, 4) is 11.8 Å². The fourth-order valence-corrected chi connectivity index (χ4v) is 6.24. The van der Waals surface area contributed by atoms with E-state index in [1.807, 2.05) is 6.92 Å². The van der Waals surface area contributed by atoms with E-state index >= 15 is 0 Å². The Morgan fingerprint density at radius 3 is 2.28 bits per heavy atom. The fraction of sp³-hybridized carbons (Fsp3) is 0.480. The molecule has 1 aliphatic heterocycles. The van der Waals surface area contributed by atoms with Gasteiger partial charge >= 0.3 is 0 Å². The Morgan fingerprint density at radius 2 is 1.72 bits per heavy atom. The zero-order valence-corrected chi connectivity index (χ0v) is 22.5. The van der Waals surface area contributed by atoms with Crippen LogP contribution in [0.15, 0.2) is 21.1 Å². The SMILES string of the molecule is Cc1nc(N2CCC(CC#N)CC2)c2c(C)c(C)n(-c3c(Br)cc(C(C)C)cc3Br)c2n1. The van der Waals surface area contributed by atoms with Gasteiger partial charge < -0.3 is 4.90 Å². The number of halogens is 2. The Balaban J connectivity index is 1.88. The number of nitriles is 1. The van der Waals surface area contributed by atoms with Crippen LogP contribution in [0.3, 0.4) is 0 Å². The molecule has 4 rings (SSSR count). The molecule has 32 heavy (non-hydrogen) atoms. The molecule has 0 unspecified atom stereocenters. The second kappa shape index (κ2) is 9.15. The third kappa shape index (κ3) is 4.08. The van der Waals surface area contributed by atoms with E-state index in [-0.39, 0.29) is 0 Å². The van der Waals surface area contributed by atoms with Crippen LogP contribution in [-0.2, 0) is 0 Å². The zero-order chi connectivity index (χ0) is 23.2. The summed E-state index contributed by atoms with van der Waals surface area (Å²) < 4.78 is 4.35. The predicted octanol–water partition coefficient (Wildman–Crippen LogP) is 7.12. The van der Waals surface area contributed by atoms with Crippen molar-refractivity contribution < 1.29 is 0 Å². The quantitative estimate of drug-likeness (QED) is 0.342. The number of aryl methyl sites for hydroxylation is 2. The fourth-order valence-electron chi connectivity index (χ4n) is 4.66. The van der Waals surface area contributed by atoms with Gasteiger partial charge in [0.1, 0.15) is 11.6 Å². The summed E-state index contributed by atoms with van der Waals surface area (Å²) in [5, 5.41) is 10.2. The Hall–Kier alpha value is -1.91. The minimum atomic E-state index is 0.445. The molecule has 0 bridgehead atoms. The summed E-state index contributed by atoms with van der Waals surface area (Å²) in [7, 11) is 0. The predicted molar refractivity (Wildman–Crippen MR) is 138 cm³/mol. The summed E-state index contributed by atoms with van der Waals surface area (Å²) in [6, 6.07) is 6.75.